The number of sulfonamides is 1. The number of nitrogens with zero attached hydrogens (tertiary/aromatic N) is 3. The van der Waals surface area contributed by atoms with Crippen LogP contribution in [-0.2, 0) is 23.5 Å². The summed E-state index contributed by atoms with van der Waals surface area (Å²) < 4.78 is 28.7. The van der Waals surface area contributed by atoms with Crippen molar-refractivity contribution in [2.45, 2.75) is 31.2 Å². The fraction of sp³-hybridized carbons (Fsp3) is 0.471. The third kappa shape index (κ3) is 3.66. The Morgan fingerprint density at radius 2 is 1.83 bits per heavy atom. The van der Waals surface area contributed by atoms with E-state index in [1.165, 1.54) is 5.56 Å². The number of aryl methyl sites for hydroxylation is 2. The van der Waals surface area contributed by atoms with Gasteiger partial charge in [0.2, 0.25) is 0 Å². The van der Waals surface area contributed by atoms with Crippen LogP contribution in [0, 0.1) is 12.8 Å². The largest absolute Gasteiger partial charge is 0.337 e. The molecule has 0 spiro atoms. The summed E-state index contributed by atoms with van der Waals surface area (Å²) in [6.07, 6.45) is 4.29. The second-order valence-corrected chi connectivity index (χ2v) is 8.74. The van der Waals surface area contributed by atoms with Gasteiger partial charge in [0.15, 0.2) is 5.03 Å². The molecule has 0 bridgehead atoms. The quantitative estimate of drug-likeness (QED) is 0.834. The van der Waals surface area contributed by atoms with Gasteiger partial charge in [0.1, 0.15) is 5.82 Å². The zero-order valence-corrected chi connectivity index (χ0v) is 15.5. The molecule has 0 atom stereocenters. The minimum atomic E-state index is -3.48. The summed E-state index contributed by atoms with van der Waals surface area (Å²) in [5.41, 5.74) is 1.25. The Bertz CT molecular complexity index is 787. The fourth-order valence-corrected chi connectivity index (χ4v) is 4.71. The van der Waals surface area contributed by atoms with Gasteiger partial charge in [-0.3, -0.25) is 0 Å². The average Bonchev–Trinajstić information content (AvgIpc) is 2.90. The maximum absolute atomic E-state index is 12.7. The zero-order chi connectivity index (χ0) is 17.3. The van der Waals surface area contributed by atoms with E-state index in [4.69, 9.17) is 11.6 Å². The second kappa shape index (κ2) is 6.86. The Hall–Kier alpha value is -1.37. The van der Waals surface area contributed by atoms with Crippen molar-refractivity contribution in [2.24, 2.45) is 13.0 Å². The first-order valence-electron chi connectivity index (χ1n) is 8.11. The maximum atomic E-state index is 12.7. The molecule has 1 aliphatic heterocycles. The van der Waals surface area contributed by atoms with Crippen molar-refractivity contribution in [3.8, 4) is 0 Å². The van der Waals surface area contributed by atoms with E-state index in [9.17, 15) is 8.42 Å². The summed E-state index contributed by atoms with van der Waals surface area (Å²) in [6, 6.07) is 7.89. The highest BCUT2D eigenvalue weighted by molar-refractivity contribution is 7.89. The van der Waals surface area contributed by atoms with Gasteiger partial charge in [0.05, 0.1) is 0 Å². The van der Waals surface area contributed by atoms with E-state index < -0.39 is 10.0 Å². The lowest BCUT2D eigenvalue weighted by atomic mass is 9.91. The van der Waals surface area contributed by atoms with Crippen LogP contribution in [0.3, 0.4) is 0 Å². The van der Waals surface area contributed by atoms with Gasteiger partial charge in [-0.25, -0.2) is 13.4 Å². The summed E-state index contributed by atoms with van der Waals surface area (Å²) in [7, 11) is -1.68. The molecular weight excluding hydrogens is 346 g/mol. The number of piperidine rings is 1. The Morgan fingerprint density at radius 3 is 2.38 bits per heavy atom. The Balaban J connectivity index is 1.63. The third-order valence-corrected chi connectivity index (χ3v) is 6.72. The minimum Gasteiger partial charge on any atom is -0.337 e. The summed E-state index contributed by atoms with van der Waals surface area (Å²) in [5.74, 6) is 1.20. The van der Waals surface area contributed by atoms with Gasteiger partial charge in [-0.05, 0) is 49.8 Å². The van der Waals surface area contributed by atoms with E-state index in [1.54, 1.807) is 29.0 Å². The topological polar surface area (TPSA) is 55.2 Å². The highest BCUT2D eigenvalue weighted by Crippen LogP contribution is 2.26. The molecule has 5 nitrogen and oxygen atoms in total. The predicted octanol–water partition coefficient (Wildman–Crippen LogP) is 3.03. The van der Waals surface area contributed by atoms with Crippen molar-refractivity contribution < 1.29 is 8.42 Å². The van der Waals surface area contributed by atoms with Gasteiger partial charge in [-0.2, -0.15) is 4.31 Å². The summed E-state index contributed by atoms with van der Waals surface area (Å²) in [4.78, 5) is 4.17. The van der Waals surface area contributed by atoms with E-state index in [0.717, 1.165) is 24.3 Å². The Labute approximate surface area is 148 Å². The molecule has 0 amide bonds. The number of aromatic nitrogens is 2. The molecule has 2 aromatic rings. The monoisotopic (exact) mass is 367 g/mol. The van der Waals surface area contributed by atoms with Gasteiger partial charge in [-0.1, -0.05) is 23.7 Å². The molecule has 0 aliphatic carbocycles. The first-order chi connectivity index (χ1) is 11.4. The molecular formula is C17H22ClN3O2S. The third-order valence-electron chi connectivity index (χ3n) is 4.70. The van der Waals surface area contributed by atoms with Crippen LogP contribution in [0.15, 0.2) is 35.5 Å². The molecule has 1 fully saturated rings. The van der Waals surface area contributed by atoms with Crippen molar-refractivity contribution in [3.63, 3.8) is 0 Å². The summed E-state index contributed by atoms with van der Waals surface area (Å²) in [6.45, 7) is 2.91. The minimum absolute atomic E-state index is 0.152. The fourth-order valence-electron chi connectivity index (χ4n) is 3.09. The highest BCUT2D eigenvalue weighted by Gasteiger charge is 2.31. The molecule has 0 radical (unpaired) electrons. The van der Waals surface area contributed by atoms with Crippen LogP contribution in [0.5, 0.6) is 0 Å². The van der Waals surface area contributed by atoms with Crippen LogP contribution in [0.2, 0.25) is 5.02 Å². The number of rotatable bonds is 4. The number of hydrogen-bond donors (Lipinski definition) is 0. The van der Waals surface area contributed by atoms with Crippen LogP contribution in [0.25, 0.3) is 0 Å². The standard InChI is InChI=1S/C17H22ClN3O2S/c1-13-19-17(12-20(13)2)24(22,23)21-9-7-15(8-10-21)11-14-3-5-16(18)6-4-14/h3-6,12,15H,7-11H2,1-2H3. The van der Waals surface area contributed by atoms with Gasteiger partial charge in [0.25, 0.3) is 10.0 Å². The molecule has 130 valence electrons. The number of imidazole rings is 1. The van der Waals surface area contributed by atoms with Crippen molar-refractivity contribution >= 4 is 21.6 Å². The van der Waals surface area contributed by atoms with E-state index in [0.29, 0.717) is 24.8 Å². The van der Waals surface area contributed by atoms with Crippen molar-refractivity contribution in [2.75, 3.05) is 13.1 Å². The van der Waals surface area contributed by atoms with E-state index >= 15 is 0 Å². The van der Waals surface area contributed by atoms with Gasteiger partial charge in [-0.15, -0.1) is 0 Å². The summed E-state index contributed by atoms with van der Waals surface area (Å²) in [5, 5.41) is 0.893. The van der Waals surface area contributed by atoms with Crippen molar-refractivity contribution in [1.82, 2.24) is 13.9 Å². The smallest absolute Gasteiger partial charge is 0.262 e. The molecule has 3 rings (SSSR count). The van der Waals surface area contributed by atoms with Crippen LogP contribution in [-0.4, -0.2) is 35.4 Å². The first kappa shape index (κ1) is 17.5. The molecule has 0 unspecified atom stereocenters. The molecule has 7 heteroatoms. The van der Waals surface area contributed by atoms with E-state index in [1.807, 2.05) is 24.3 Å². The van der Waals surface area contributed by atoms with Crippen LogP contribution < -0.4 is 0 Å². The van der Waals surface area contributed by atoms with Crippen LogP contribution in [0.1, 0.15) is 24.2 Å². The predicted molar refractivity (Wildman–Crippen MR) is 94.6 cm³/mol. The van der Waals surface area contributed by atoms with Gasteiger partial charge < -0.3 is 4.57 Å². The van der Waals surface area contributed by atoms with Crippen LogP contribution in [0.4, 0.5) is 0 Å². The lowest BCUT2D eigenvalue weighted by Crippen LogP contribution is -2.39. The van der Waals surface area contributed by atoms with E-state index in [2.05, 4.69) is 4.98 Å². The molecule has 1 aromatic carbocycles. The SMILES string of the molecule is Cc1nc(S(=O)(=O)N2CCC(Cc3ccc(Cl)cc3)CC2)cn1C. The van der Waals surface area contributed by atoms with Crippen LogP contribution >= 0.6 is 11.6 Å². The van der Waals surface area contributed by atoms with E-state index in [-0.39, 0.29) is 5.03 Å². The van der Waals surface area contributed by atoms with Crippen molar-refractivity contribution in [1.29, 1.82) is 0 Å². The normalized spacial score (nSPS) is 17.3. The number of halogens is 1. The maximum Gasteiger partial charge on any atom is 0.262 e. The summed E-state index contributed by atoms with van der Waals surface area (Å²) >= 11 is 5.91. The Morgan fingerprint density at radius 1 is 1.21 bits per heavy atom. The Kier molecular flexibility index (Phi) is 4.99. The second-order valence-electron chi connectivity index (χ2n) is 6.42. The lowest BCUT2D eigenvalue weighted by molar-refractivity contribution is 0.272. The molecule has 0 N–H and O–H groups in total. The molecule has 1 aliphatic rings. The zero-order valence-electron chi connectivity index (χ0n) is 13.9. The number of benzene rings is 1. The highest BCUT2D eigenvalue weighted by atomic mass is 35.5. The molecule has 0 saturated carbocycles. The van der Waals surface area contributed by atoms with Gasteiger partial charge >= 0.3 is 0 Å². The lowest BCUT2D eigenvalue weighted by Gasteiger charge is -2.30. The first-order valence-corrected chi connectivity index (χ1v) is 9.92. The van der Waals surface area contributed by atoms with Crippen molar-refractivity contribution in [3.05, 3.63) is 46.9 Å². The average molecular weight is 368 g/mol. The molecule has 2 heterocycles. The molecule has 1 saturated heterocycles. The molecule has 24 heavy (non-hydrogen) atoms. The molecule has 1 aromatic heterocycles. The number of hydrogen-bond acceptors (Lipinski definition) is 3. The van der Waals surface area contributed by atoms with Gasteiger partial charge in [0, 0.05) is 31.4 Å².